The normalized spacial score (nSPS) is 25.9. The quantitative estimate of drug-likeness (QED) is 0.836. The van der Waals surface area contributed by atoms with Gasteiger partial charge in [0.05, 0.1) is 0 Å². The number of nitrogens with zero attached hydrogens (tertiary/aromatic N) is 1. The Hall–Kier alpha value is -1.02. The van der Waals surface area contributed by atoms with E-state index in [1.54, 1.807) is 0 Å². The van der Waals surface area contributed by atoms with Crippen LogP contribution in [0.15, 0.2) is 18.2 Å². The molecule has 0 aromatic heterocycles. The number of benzene rings is 1. The summed E-state index contributed by atoms with van der Waals surface area (Å²) in [5, 5.41) is 3.87. The van der Waals surface area contributed by atoms with Crippen molar-refractivity contribution in [3.05, 3.63) is 29.3 Å². The monoisotopic (exact) mass is 272 g/mol. The lowest BCUT2D eigenvalue weighted by Crippen LogP contribution is -2.64. The second-order valence-corrected chi connectivity index (χ2v) is 6.99. The SMILES string of the molecule is Cc1ccc(N2CC3(CCCCC3)NCC2C)c(C)c1. The maximum Gasteiger partial charge on any atom is 0.0399 e. The van der Waals surface area contributed by atoms with E-state index in [0.717, 1.165) is 6.54 Å². The van der Waals surface area contributed by atoms with E-state index >= 15 is 0 Å². The predicted molar refractivity (Wildman–Crippen MR) is 86.5 cm³/mol. The van der Waals surface area contributed by atoms with E-state index in [2.05, 4.69) is 49.2 Å². The van der Waals surface area contributed by atoms with Crippen molar-refractivity contribution in [2.75, 3.05) is 18.0 Å². The molecule has 3 rings (SSSR count). The molecule has 0 radical (unpaired) electrons. The summed E-state index contributed by atoms with van der Waals surface area (Å²) < 4.78 is 0. The van der Waals surface area contributed by atoms with E-state index in [0.29, 0.717) is 11.6 Å². The lowest BCUT2D eigenvalue weighted by Gasteiger charge is -2.50. The fourth-order valence-electron chi connectivity index (χ4n) is 4.03. The Morgan fingerprint density at radius 3 is 2.60 bits per heavy atom. The van der Waals surface area contributed by atoms with Crippen LogP contribution in [0, 0.1) is 13.8 Å². The van der Waals surface area contributed by atoms with Crippen LogP contribution in [-0.2, 0) is 0 Å². The van der Waals surface area contributed by atoms with Crippen LogP contribution in [0.3, 0.4) is 0 Å². The lowest BCUT2D eigenvalue weighted by molar-refractivity contribution is 0.200. The first-order chi connectivity index (χ1) is 9.60. The second kappa shape index (κ2) is 5.40. The molecule has 1 aromatic carbocycles. The number of hydrogen-bond acceptors (Lipinski definition) is 2. The first kappa shape index (κ1) is 13.9. The molecule has 0 bridgehead atoms. The summed E-state index contributed by atoms with van der Waals surface area (Å²) in [5.41, 5.74) is 4.60. The molecular formula is C18H28N2. The molecule has 1 aliphatic carbocycles. The predicted octanol–water partition coefficient (Wildman–Crippen LogP) is 3.80. The maximum atomic E-state index is 3.87. The Morgan fingerprint density at radius 1 is 1.15 bits per heavy atom. The van der Waals surface area contributed by atoms with Gasteiger partial charge in [0.1, 0.15) is 0 Å². The smallest absolute Gasteiger partial charge is 0.0399 e. The van der Waals surface area contributed by atoms with Gasteiger partial charge in [0, 0.05) is 30.4 Å². The summed E-state index contributed by atoms with van der Waals surface area (Å²) in [7, 11) is 0. The number of nitrogens with one attached hydrogen (secondary N) is 1. The van der Waals surface area contributed by atoms with Crippen molar-refractivity contribution < 1.29 is 0 Å². The van der Waals surface area contributed by atoms with Crippen LogP contribution in [0.1, 0.15) is 50.2 Å². The van der Waals surface area contributed by atoms with E-state index in [4.69, 9.17) is 0 Å². The highest BCUT2D eigenvalue weighted by Gasteiger charge is 2.38. The van der Waals surface area contributed by atoms with Gasteiger partial charge >= 0.3 is 0 Å². The highest BCUT2D eigenvalue weighted by atomic mass is 15.3. The summed E-state index contributed by atoms with van der Waals surface area (Å²) in [6, 6.07) is 7.48. The number of hydrogen-bond donors (Lipinski definition) is 1. The van der Waals surface area contributed by atoms with Crippen molar-refractivity contribution in [2.24, 2.45) is 0 Å². The van der Waals surface area contributed by atoms with Crippen molar-refractivity contribution in [1.82, 2.24) is 5.32 Å². The van der Waals surface area contributed by atoms with Crippen LogP contribution in [0.5, 0.6) is 0 Å². The zero-order valence-corrected chi connectivity index (χ0v) is 13.2. The van der Waals surface area contributed by atoms with Crippen LogP contribution < -0.4 is 10.2 Å². The largest absolute Gasteiger partial charge is 0.365 e. The molecule has 2 heteroatoms. The van der Waals surface area contributed by atoms with Gasteiger partial charge in [-0.3, -0.25) is 0 Å². The molecule has 20 heavy (non-hydrogen) atoms. The van der Waals surface area contributed by atoms with E-state index in [1.165, 1.54) is 55.5 Å². The highest BCUT2D eigenvalue weighted by Crippen LogP contribution is 2.34. The van der Waals surface area contributed by atoms with Gasteiger partial charge in [0.2, 0.25) is 0 Å². The topological polar surface area (TPSA) is 15.3 Å². The Balaban J connectivity index is 1.86. The van der Waals surface area contributed by atoms with Crippen LogP contribution in [0.25, 0.3) is 0 Å². The van der Waals surface area contributed by atoms with E-state index in [9.17, 15) is 0 Å². The van der Waals surface area contributed by atoms with Gasteiger partial charge in [-0.1, -0.05) is 37.0 Å². The Labute approximate surface area is 123 Å². The van der Waals surface area contributed by atoms with Crippen LogP contribution in [0.4, 0.5) is 5.69 Å². The summed E-state index contributed by atoms with van der Waals surface area (Å²) in [4.78, 5) is 2.65. The minimum atomic E-state index is 0.377. The first-order valence-corrected chi connectivity index (χ1v) is 8.19. The molecule has 1 saturated carbocycles. The van der Waals surface area contributed by atoms with Crippen LogP contribution in [0.2, 0.25) is 0 Å². The molecule has 1 N–H and O–H groups in total. The third-order valence-corrected chi connectivity index (χ3v) is 5.25. The lowest BCUT2D eigenvalue weighted by atomic mass is 9.79. The standard InChI is InChI=1S/C18H28N2/c1-14-7-8-17(15(2)11-14)20-13-18(19-12-16(20)3)9-5-4-6-10-18/h7-8,11,16,19H,4-6,9-10,12-13H2,1-3H3. The minimum absolute atomic E-state index is 0.377. The molecule has 110 valence electrons. The average molecular weight is 272 g/mol. The van der Waals surface area contributed by atoms with E-state index in [-0.39, 0.29) is 0 Å². The van der Waals surface area contributed by atoms with Gasteiger partial charge in [0.25, 0.3) is 0 Å². The maximum absolute atomic E-state index is 3.87. The van der Waals surface area contributed by atoms with Gasteiger partial charge in [0.15, 0.2) is 0 Å². The highest BCUT2D eigenvalue weighted by molar-refractivity contribution is 5.56. The molecule has 2 fully saturated rings. The molecule has 0 amide bonds. The molecule has 1 atom stereocenters. The van der Waals surface area contributed by atoms with Crippen molar-refractivity contribution in [3.8, 4) is 0 Å². The van der Waals surface area contributed by atoms with Crippen LogP contribution >= 0.6 is 0 Å². The molecule has 1 saturated heterocycles. The van der Waals surface area contributed by atoms with Crippen molar-refractivity contribution in [3.63, 3.8) is 0 Å². The summed E-state index contributed by atoms with van der Waals surface area (Å²) >= 11 is 0. The molecular weight excluding hydrogens is 244 g/mol. The summed E-state index contributed by atoms with van der Waals surface area (Å²) in [6.45, 7) is 9.08. The average Bonchev–Trinajstić information content (AvgIpc) is 2.43. The third kappa shape index (κ3) is 2.58. The molecule has 2 aliphatic rings. The van der Waals surface area contributed by atoms with E-state index < -0.39 is 0 Å². The molecule has 2 nitrogen and oxygen atoms in total. The zero-order chi connectivity index (χ0) is 14.2. The van der Waals surface area contributed by atoms with Gasteiger partial charge < -0.3 is 10.2 Å². The molecule has 1 heterocycles. The fourth-order valence-corrected chi connectivity index (χ4v) is 4.03. The summed E-state index contributed by atoms with van der Waals surface area (Å²) in [6.07, 6.45) is 6.90. The zero-order valence-electron chi connectivity index (χ0n) is 13.2. The van der Waals surface area contributed by atoms with Crippen molar-refractivity contribution >= 4 is 5.69 Å². The van der Waals surface area contributed by atoms with Crippen LogP contribution in [-0.4, -0.2) is 24.7 Å². The van der Waals surface area contributed by atoms with Gasteiger partial charge in [-0.05, 0) is 45.2 Å². The fraction of sp³-hybridized carbons (Fsp3) is 0.667. The van der Waals surface area contributed by atoms with E-state index in [1.807, 2.05) is 0 Å². The second-order valence-electron chi connectivity index (χ2n) is 6.99. The first-order valence-electron chi connectivity index (χ1n) is 8.19. The van der Waals surface area contributed by atoms with Gasteiger partial charge in [-0.2, -0.15) is 0 Å². The third-order valence-electron chi connectivity index (χ3n) is 5.25. The molecule has 1 aliphatic heterocycles. The van der Waals surface area contributed by atoms with Gasteiger partial charge in [-0.15, -0.1) is 0 Å². The molecule has 1 spiro atoms. The number of rotatable bonds is 1. The van der Waals surface area contributed by atoms with Gasteiger partial charge in [-0.25, -0.2) is 0 Å². The Bertz CT molecular complexity index is 474. The summed E-state index contributed by atoms with van der Waals surface area (Å²) in [5.74, 6) is 0. The number of piperazine rings is 1. The minimum Gasteiger partial charge on any atom is -0.365 e. The van der Waals surface area contributed by atoms with Crippen molar-refractivity contribution in [1.29, 1.82) is 0 Å². The Morgan fingerprint density at radius 2 is 1.90 bits per heavy atom. The van der Waals surface area contributed by atoms with Crippen molar-refractivity contribution in [2.45, 2.75) is 64.5 Å². The molecule has 1 aromatic rings. The number of anilines is 1. The number of aryl methyl sites for hydroxylation is 2. The molecule has 1 unspecified atom stereocenters. The Kier molecular flexibility index (Phi) is 3.76.